The van der Waals surface area contributed by atoms with Gasteiger partial charge in [0.25, 0.3) is 0 Å². The number of aromatic nitrogens is 4. The molecule has 0 bridgehead atoms. The number of fused-ring (bicyclic) bond motifs is 1. The SMILES string of the molecule is CCN(CC)CCCC(C)Nc1nc(Cl)nc2nc[nH]c12. The van der Waals surface area contributed by atoms with Crippen LogP contribution in [0.5, 0.6) is 0 Å². The van der Waals surface area contributed by atoms with Crippen molar-refractivity contribution in [3.8, 4) is 0 Å². The first-order valence-electron chi connectivity index (χ1n) is 7.49. The first kappa shape index (κ1) is 16.0. The van der Waals surface area contributed by atoms with E-state index in [1.807, 2.05) is 0 Å². The highest BCUT2D eigenvalue weighted by Crippen LogP contribution is 2.20. The molecule has 0 aliphatic carbocycles. The summed E-state index contributed by atoms with van der Waals surface area (Å²) < 4.78 is 0. The molecule has 2 N–H and O–H groups in total. The molecule has 0 fully saturated rings. The fraction of sp³-hybridized carbons (Fsp3) is 0.643. The zero-order valence-corrected chi connectivity index (χ0v) is 13.6. The van der Waals surface area contributed by atoms with Crippen molar-refractivity contribution >= 4 is 28.6 Å². The first-order chi connectivity index (χ1) is 10.1. The lowest BCUT2D eigenvalue weighted by molar-refractivity contribution is 0.295. The van der Waals surface area contributed by atoms with Crippen LogP contribution in [0.4, 0.5) is 5.82 Å². The number of imidazole rings is 1. The van der Waals surface area contributed by atoms with Crippen LogP contribution in [-0.2, 0) is 0 Å². The van der Waals surface area contributed by atoms with Gasteiger partial charge < -0.3 is 15.2 Å². The molecular formula is C14H23ClN6. The summed E-state index contributed by atoms with van der Waals surface area (Å²) in [6.45, 7) is 9.89. The lowest BCUT2D eigenvalue weighted by Gasteiger charge is -2.20. The number of halogens is 1. The predicted octanol–water partition coefficient (Wildman–Crippen LogP) is 2.93. The number of nitrogens with one attached hydrogen (secondary N) is 2. The van der Waals surface area contributed by atoms with Crippen LogP contribution in [0.15, 0.2) is 6.33 Å². The maximum atomic E-state index is 5.92. The number of nitrogens with zero attached hydrogens (tertiary/aromatic N) is 4. The summed E-state index contributed by atoms with van der Waals surface area (Å²) in [6.07, 6.45) is 3.83. The van der Waals surface area contributed by atoms with E-state index in [1.54, 1.807) is 6.33 Å². The minimum absolute atomic E-state index is 0.215. The van der Waals surface area contributed by atoms with Gasteiger partial charge in [-0.05, 0) is 51.0 Å². The van der Waals surface area contributed by atoms with Crippen molar-refractivity contribution in [3.05, 3.63) is 11.6 Å². The molecule has 116 valence electrons. The Morgan fingerprint density at radius 3 is 2.81 bits per heavy atom. The van der Waals surface area contributed by atoms with Gasteiger partial charge in [0, 0.05) is 6.04 Å². The van der Waals surface area contributed by atoms with Crippen LogP contribution >= 0.6 is 11.6 Å². The Hall–Kier alpha value is -1.40. The van der Waals surface area contributed by atoms with Gasteiger partial charge in [0.1, 0.15) is 5.52 Å². The van der Waals surface area contributed by atoms with Crippen molar-refractivity contribution in [3.63, 3.8) is 0 Å². The summed E-state index contributed by atoms with van der Waals surface area (Å²) >= 11 is 5.92. The summed E-state index contributed by atoms with van der Waals surface area (Å²) in [5, 5.41) is 3.61. The molecule has 1 unspecified atom stereocenters. The molecule has 2 aromatic heterocycles. The second-order valence-corrected chi connectivity index (χ2v) is 5.49. The van der Waals surface area contributed by atoms with E-state index in [0.29, 0.717) is 11.7 Å². The molecule has 2 aromatic rings. The van der Waals surface area contributed by atoms with E-state index < -0.39 is 0 Å². The highest BCUT2D eigenvalue weighted by molar-refractivity contribution is 6.28. The van der Waals surface area contributed by atoms with Crippen LogP contribution in [-0.4, -0.2) is 50.5 Å². The molecular weight excluding hydrogens is 288 g/mol. The average Bonchev–Trinajstić information content (AvgIpc) is 2.92. The van der Waals surface area contributed by atoms with E-state index >= 15 is 0 Å². The summed E-state index contributed by atoms with van der Waals surface area (Å²) in [4.78, 5) is 17.9. The van der Waals surface area contributed by atoms with Crippen molar-refractivity contribution in [1.29, 1.82) is 0 Å². The second-order valence-electron chi connectivity index (χ2n) is 5.16. The summed E-state index contributed by atoms with van der Waals surface area (Å²) in [5.74, 6) is 0.720. The third-order valence-corrected chi connectivity index (χ3v) is 3.82. The van der Waals surface area contributed by atoms with Crippen molar-refractivity contribution in [2.24, 2.45) is 0 Å². The van der Waals surface area contributed by atoms with Gasteiger partial charge in [-0.15, -0.1) is 0 Å². The van der Waals surface area contributed by atoms with E-state index in [2.05, 4.69) is 50.9 Å². The van der Waals surface area contributed by atoms with Crippen molar-refractivity contribution in [2.75, 3.05) is 25.0 Å². The Morgan fingerprint density at radius 2 is 2.10 bits per heavy atom. The Kier molecular flexibility index (Phi) is 5.76. The van der Waals surface area contributed by atoms with Gasteiger partial charge in [-0.25, -0.2) is 4.98 Å². The quantitative estimate of drug-likeness (QED) is 0.734. The molecule has 0 saturated heterocycles. The third kappa shape index (κ3) is 4.28. The van der Waals surface area contributed by atoms with Crippen LogP contribution in [0, 0.1) is 0 Å². The lowest BCUT2D eigenvalue weighted by Crippen LogP contribution is -2.25. The fourth-order valence-electron chi connectivity index (χ4n) is 2.38. The van der Waals surface area contributed by atoms with E-state index in [-0.39, 0.29) is 5.28 Å². The van der Waals surface area contributed by atoms with Crippen molar-refractivity contribution in [1.82, 2.24) is 24.8 Å². The normalized spacial score (nSPS) is 13.0. The standard InChI is InChI=1S/C14H23ClN6/c1-4-21(5-2)8-6-7-10(3)18-13-11-12(17-9-16-11)19-14(15)20-13/h9-10H,4-8H2,1-3H3,(H2,16,17,18,19,20). The molecule has 2 rings (SSSR count). The zero-order valence-electron chi connectivity index (χ0n) is 12.9. The molecule has 0 spiro atoms. The number of aromatic amines is 1. The number of H-pyrrole nitrogens is 1. The largest absolute Gasteiger partial charge is 0.366 e. The average molecular weight is 311 g/mol. The highest BCUT2D eigenvalue weighted by atomic mass is 35.5. The Bertz CT molecular complexity index is 566. The van der Waals surface area contributed by atoms with Gasteiger partial charge in [-0.1, -0.05) is 13.8 Å². The summed E-state index contributed by atoms with van der Waals surface area (Å²) in [7, 11) is 0. The smallest absolute Gasteiger partial charge is 0.226 e. The lowest BCUT2D eigenvalue weighted by atomic mass is 10.1. The predicted molar refractivity (Wildman–Crippen MR) is 86.8 cm³/mol. The molecule has 0 saturated carbocycles. The van der Waals surface area contributed by atoms with Gasteiger partial charge in [-0.2, -0.15) is 9.97 Å². The molecule has 1 atom stereocenters. The second kappa shape index (κ2) is 7.56. The van der Waals surface area contributed by atoms with Crippen LogP contribution in [0.1, 0.15) is 33.6 Å². The van der Waals surface area contributed by atoms with Crippen molar-refractivity contribution in [2.45, 2.75) is 39.7 Å². The van der Waals surface area contributed by atoms with Crippen LogP contribution in [0.25, 0.3) is 11.2 Å². The Morgan fingerprint density at radius 1 is 1.33 bits per heavy atom. The van der Waals surface area contributed by atoms with E-state index in [4.69, 9.17) is 11.6 Å². The van der Waals surface area contributed by atoms with Crippen LogP contribution in [0.3, 0.4) is 0 Å². The van der Waals surface area contributed by atoms with Gasteiger partial charge in [0.05, 0.1) is 6.33 Å². The molecule has 0 amide bonds. The maximum absolute atomic E-state index is 5.92. The molecule has 0 aliphatic heterocycles. The van der Waals surface area contributed by atoms with Gasteiger partial charge in [0.2, 0.25) is 5.28 Å². The number of hydrogen-bond donors (Lipinski definition) is 2. The van der Waals surface area contributed by atoms with Gasteiger partial charge in [-0.3, -0.25) is 0 Å². The van der Waals surface area contributed by atoms with Gasteiger partial charge >= 0.3 is 0 Å². The molecule has 21 heavy (non-hydrogen) atoms. The number of anilines is 1. The molecule has 0 aromatic carbocycles. The minimum atomic E-state index is 0.215. The molecule has 0 aliphatic rings. The van der Waals surface area contributed by atoms with E-state index in [0.717, 1.165) is 43.8 Å². The first-order valence-corrected chi connectivity index (χ1v) is 7.87. The van der Waals surface area contributed by atoms with E-state index in [9.17, 15) is 0 Å². The van der Waals surface area contributed by atoms with Crippen LogP contribution in [0.2, 0.25) is 5.28 Å². The molecule has 2 heterocycles. The third-order valence-electron chi connectivity index (χ3n) is 3.65. The summed E-state index contributed by atoms with van der Waals surface area (Å²) in [6, 6.07) is 0.318. The molecule has 7 heteroatoms. The summed E-state index contributed by atoms with van der Waals surface area (Å²) in [5.41, 5.74) is 1.39. The van der Waals surface area contributed by atoms with Crippen LogP contribution < -0.4 is 5.32 Å². The maximum Gasteiger partial charge on any atom is 0.226 e. The fourth-order valence-corrected chi connectivity index (χ4v) is 2.54. The topological polar surface area (TPSA) is 69.7 Å². The molecule has 6 nitrogen and oxygen atoms in total. The monoisotopic (exact) mass is 310 g/mol. The number of rotatable bonds is 8. The molecule has 0 radical (unpaired) electrons. The highest BCUT2D eigenvalue weighted by Gasteiger charge is 2.11. The number of hydrogen-bond acceptors (Lipinski definition) is 5. The Labute approximate surface area is 130 Å². The van der Waals surface area contributed by atoms with E-state index in [1.165, 1.54) is 0 Å². The van der Waals surface area contributed by atoms with Gasteiger partial charge in [0.15, 0.2) is 11.5 Å². The zero-order chi connectivity index (χ0) is 15.2. The minimum Gasteiger partial charge on any atom is -0.366 e. The Balaban J connectivity index is 1.92. The van der Waals surface area contributed by atoms with Crippen molar-refractivity contribution < 1.29 is 0 Å².